The molecule has 14 heavy (non-hydrogen) atoms. The third-order valence-electron chi connectivity index (χ3n) is 1.87. The van der Waals surface area contributed by atoms with E-state index < -0.39 is 5.91 Å². The van der Waals surface area contributed by atoms with Crippen LogP contribution in [-0.4, -0.2) is 29.4 Å². The van der Waals surface area contributed by atoms with Crippen molar-refractivity contribution < 1.29 is 9.59 Å². The van der Waals surface area contributed by atoms with Crippen LogP contribution >= 0.6 is 21.6 Å². The van der Waals surface area contributed by atoms with Crippen LogP contribution in [0.5, 0.6) is 0 Å². The molecule has 1 saturated heterocycles. The Morgan fingerprint density at radius 3 is 2.71 bits per heavy atom. The number of hydrogen-bond donors (Lipinski definition) is 2. The molecule has 0 aromatic rings. The third kappa shape index (κ3) is 4.76. The first-order chi connectivity index (χ1) is 6.68. The van der Waals surface area contributed by atoms with Gasteiger partial charge in [0.2, 0.25) is 11.8 Å². The van der Waals surface area contributed by atoms with Crippen molar-refractivity contribution in [2.75, 3.05) is 11.5 Å². The van der Waals surface area contributed by atoms with Gasteiger partial charge in [0.05, 0.1) is 0 Å². The fourth-order valence-electron chi connectivity index (χ4n) is 1.11. The van der Waals surface area contributed by atoms with Crippen molar-refractivity contribution in [1.82, 2.24) is 5.32 Å². The van der Waals surface area contributed by atoms with E-state index in [4.69, 9.17) is 5.73 Å². The van der Waals surface area contributed by atoms with Crippen molar-refractivity contribution >= 4 is 33.4 Å². The summed E-state index contributed by atoms with van der Waals surface area (Å²) in [5.41, 5.74) is 4.95. The second-order valence-electron chi connectivity index (χ2n) is 3.13. The van der Waals surface area contributed by atoms with E-state index in [2.05, 4.69) is 5.32 Å². The minimum Gasteiger partial charge on any atom is -0.370 e. The molecule has 1 fully saturated rings. The fraction of sp³-hybridized carbons (Fsp3) is 0.750. The number of carbonyl (C=O) groups excluding carboxylic acids is 2. The number of carbonyl (C=O) groups is 2. The van der Waals surface area contributed by atoms with Crippen LogP contribution in [0, 0.1) is 0 Å². The van der Waals surface area contributed by atoms with Crippen molar-refractivity contribution in [2.24, 2.45) is 5.73 Å². The Balaban J connectivity index is 2.15. The van der Waals surface area contributed by atoms with E-state index >= 15 is 0 Å². The maximum Gasteiger partial charge on any atom is 0.220 e. The van der Waals surface area contributed by atoms with Gasteiger partial charge in [0.1, 0.15) is 0 Å². The van der Waals surface area contributed by atoms with Gasteiger partial charge in [-0.3, -0.25) is 9.59 Å². The molecule has 1 heterocycles. The van der Waals surface area contributed by atoms with E-state index in [0.717, 1.165) is 17.9 Å². The van der Waals surface area contributed by atoms with Gasteiger partial charge in [-0.15, -0.1) is 0 Å². The maximum absolute atomic E-state index is 11.3. The van der Waals surface area contributed by atoms with Crippen LogP contribution < -0.4 is 11.1 Å². The smallest absolute Gasteiger partial charge is 0.220 e. The number of amides is 2. The van der Waals surface area contributed by atoms with Gasteiger partial charge in [-0.2, -0.15) is 0 Å². The number of nitrogens with two attached hydrogens (primary N) is 1. The highest BCUT2D eigenvalue weighted by molar-refractivity contribution is 8.76. The van der Waals surface area contributed by atoms with Crippen molar-refractivity contribution in [3.63, 3.8) is 0 Å². The molecule has 1 rings (SSSR count). The molecule has 3 N–H and O–H groups in total. The van der Waals surface area contributed by atoms with E-state index in [1.807, 2.05) is 10.8 Å². The minimum absolute atomic E-state index is 0.0682. The SMILES string of the molecule is NC(=O)CCC(=O)N[C@H]1CCSSC1. The first-order valence-electron chi connectivity index (χ1n) is 4.50. The summed E-state index contributed by atoms with van der Waals surface area (Å²) in [7, 11) is 3.61. The van der Waals surface area contributed by atoms with E-state index in [-0.39, 0.29) is 24.8 Å². The van der Waals surface area contributed by atoms with Gasteiger partial charge < -0.3 is 11.1 Å². The number of rotatable bonds is 4. The molecule has 80 valence electrons. The molecule has 0 bridgehead atoms. The van der Waals surface area contributed by atoms with E-state index in [0.29, 0.717) is 0 Å². The summed E-state index contributed by atoms with van der Waals surface area (Å²) in [5, 5.41) is 2.89. The van der Waals surface area contributed by atoms with Crippen LogP contribution in [0.3, 0.4) is 0 Å². The average molecular weight is 234 g/mol. The first-order valence-corrected chi connectivity index (χ1v) is 6.99. The summed E-state index contributed by atoms with van der Waals surface area (Å²) in [6, 6.07) is 0.265. The third-order valence-corrected chi connectivity index (χ3v) is 4.38. The Kier molecular flexibility index (Phi) is 5.17. The normalized spacial score (nSPS) is 21.6. The van der Waals surface area contributed by atoms with Crippen LogP contribution in [0.4, 0.5) is 0 Å². The number of primary amides is 1. The Bertz CT molecular complexity index is 217. The fourth-order valence-corrected chi connectivity index (χ4v) is 3.55. The van der Waals surface area contributed by atoms with E-state index in [1.54, 1.807) is 10.8 Å². The van der Waals surface area contributed by atoms with Crippen molar-refractivity contribution in [3.8, 4) is 0 Å². The summed E-state index contributed by atoms with van der Waals surface area (Å²) < 4.78 is 0. The van der Waals surface area contributed by atoms with Crippen LogP contribution in [0.15, 0.2) is 0 Å². The summed E-state index contributed by atoms with van der Waals surface area (Å²) in [4.78, 5) is 21.7. The monoisotopic (exact) mass is 234 g/mol. The van der Waals surface area contributed by atoms with Crippen molar-refractivity contribution in [3.05, 3.63) is 0 Å². The number of nitrogens with one attached hydrogen (secondary N) is 1. The predicted octanol–water partition coefficient (Wildman–Crippen LogP) is 0.522. The summed E-state index contributed by atoms with van der Waals surface area (Å²) >= 11 is 0. The van der Waals surface area contributed by atoms with Gasteiger partial charge in [-0.05, 0) is 6.42 Å². The van der Waals surface area contributed by atoms with Gasteiger partial charge in [-0.25, -0.2) is 0 Å². The Morgan fingerprint density at radius 2 is 2.14 bits per heavy atom. The quantitative estimate of drug-likeness (QED) is 0.696. The van der Waals surface area contributed by atoms with Crippen LogP contribution in [0.2, 0.25) is 0 Å². The molecule has 1 aliphatic heterocycles. The highest BCUT2D eigenvalue weighted by Gasteiger charge is 2.16. The predicted molar refractivity (Wildman–Crippen MR) is 59.9 cm³/mol. The molecule has 1 atom stereocenters. The van der Waals surface area contributed by atoms with Gasteiger partial charge in [-0.1, -0.05) is 21.6 Å². The molecule has 6 heteroatoms. The standard InChI is InChI=1S/C8H14N2O2S2/c9-7(11)1-2-8(12)10-6-3-4-13-14-5-6/h6H,1-5H2,(H2,9,11)(H,10,12)/t6-/m0/s1. The Hall–Kier alpha value is -0.360. The lowest BCUT2D eigenvalue weighted by atomic mass is 10.2. The second-order valence-corrected chi connectivity index (χ2v) is 5.75. The molecule has 0 aromatic carbocycles. The number of hydrogen-bond acceptors (Lipinski definition) is 4. The van der Waals surface area contributed by atoms with Crippen LogP contribution in [-0.2, 0) is 9.59 Å². The Labute approximate surface area is 91.1 Å². The molecule has 0 saturated carbocycles. The molecular weight excluding hydrogens is 220 g/mol. The molecule has 0 radical (unpaired) electrons. The van der Waals surface area contributed by atoms with Crippen LogP contribution in [0.25, 0.3) is 0 Å². The molecular formula is C8H14N2O2S2. The first kappa shape index (κ1) is 11.7. The van der Waals surface area contributed by atoms with Gasteiger partial charge in [0.25, 0.3) is 0 Å². The van der Waals surface area contributed by atoms with Crippen LogP contribution in [0.1, 0.15) is 19.3 Å². The Morgan fingerprint density at radius 1 is 1.36 bits per heavy atom. The lowest BCUT2D eigenvalue weighted by Crippen LogP contribution is -2.38. The highest BCUT2D eigenvalue weighted by Crippen LogP contribution is 2.29. The zero-order valence-corrected chi connectivity index (χ0v) is 9.46. The molecule has 0 aromatic heterocycles. The van der Waals surface area contributed by atoms with Crippen molar-refractivity contribution in [1.29, 1.82) is 0 Å². The van der Waals surface area contributed by atoms with Gasteiger partial charge in [0, 0.05) is 30.4 Å². The molecule has 2 amide bonds. The second kappa shape index (κ2) is 6.19. The minimum atomic E-state index is -0.422. The lowest BCUT2D eigenvalue weighted by Gasteiger charge is -2.21. The topological polar surface area (TPSA) is 72.2 Å². The van der Waals surface area contributed by atoms with E-state index in [9.17, 15) is 9.59 Å². The summed E-state index contributed by atoms with van der Waals surface area (Å²) in [6.45, 7) is 0. The largest absolute Gasteiger partial charge is 0.370 e. The summed E-state index contributed by atoms with van der Waals surface area (Å²) in [6.07, 6.45) is 1.37. The van der Waals surface area contributed by atoms with Crippen molar-refractivity contribution in [2.45, 2.75) is 25.3 Å². The molecule has 0 unspecified atom stereocenters. The average Bonchev–Trinajstić information content (AvgIpc) is 2.16. The molecule has 0 spiro atoms. The summed E-state index contributed by atoms with van der Waals surface area (Å²) in [5.74, 6) is 1.54. The zero-order chi connectivity index (χ0) is 10.4. The highest BCUT2D eigenvalue weighted by atomic mass is 33.1. The lowest BCUT2D eigenvalue weighted by molar-refractivity contribution is -0.125. The van der Waals surface area contributed by atoms with E-state index in [1.165, 1.54) is 0 Å². The van der Waals surface area contributed by atoms with Gasteiger partial charge in [0.15, 0.2) is 0 Å². The van der Waals surface area contributed by atoms with Gasteiger partial charge >= 0.3 is 0 Å². The molecule has 0 aliphatic carbocycles. The molecule has 4 nitrogen and oxygen atoms in total. The molecule has 1 aliphatic rings. The maximum atomic E-state index is 11.3. The zero-order valence-electron chi connectivity index (χ0n) is 7.82.